The summed E-state index contributed by atoms with van der Waals surface area (Å²) in [7, 11) is 0. The lowest BCUT2D eigenvalue weighted by atomic mass is 10.5. The average Bonchev–Trinajstić information content (AvgIpc) is 1.68. The van der Waals surface area contributed by atoms with E-state index in [4.69, 9.17) is 5.53 Å². The van der Waals surface area contributed by atoms with Crippen molar-refractivity contribution in [2.75, 3.05) is 0 Å². The molecule has 3 nitrogen and oxygen atoms in total. The van der Waals surface area contributed by atoms with Gasteiger partial charge in [0.2, 0.25) is 0 Å². The Morgan fingerprint density at radius 3 is 2.71 bits per heavy atom. The Morgan fingerprint density at radius 2 is 2.57 bits per heavy atom. The molecule has 0 fully saturated rings. The summed E-state index contributed by atoms with van der Waals surface area (Å²) in [5.41, 5.74) is 7.82. The first-order valence-electron chi connectivity index (χ1n) is 1.99. The first-order chi connectivity index (χ1) is 3.31. The molecular weight excluding hydrogens is 205 g/mol. The van der Waals surface area contributed by atoms with E-state index in [1.807, 2.05) is 6.92 Å². The highest BCUT2D eigenvalue weighted by Gasteiger charge is 1.90. The standard InChI is InChI=1S/C3H6IN3/c1-2-3(4)6-7-5/h3H,2H2,1H3. The van der Waals surface area contributed by atoms with Crippen LogP contribution in [0.15, 0.2) is 5.11 Å². The highest BCUT2D eigenvalue weighted by molar-refractivity contribution is 14.1. The lowest BCUT2D eigenvalue weighted by molar-refractivity contribution is 0.890. The number of alkyl halides is 1. The summed E-state index contributed by atoms with van der Waals surface area (Å²) in [6.45, 7) is 1.98. The van der Waals surface area contributed by atoms with Gasteiger partial charge in [-0.15, -0.1) is 0 Å². The second kappa shape index (κ2) is 4.21. The summed E-state index contributed by atoms with van der Waals surface area (Å²) in [4.78, 5) is 2.62. The van der Waals surface area contributed by atoms with E-state index >= 15 is 0 Å². The molecule has 0 amide bonds. The average molecular weight is 211 g/mol. The summed E-state index contributed by atoms with van der Waals surface area (Å²) >= 11 is 2.09. The van der Waals surface area contributed by atoms with Gasteiger partial charge in [0.15, 0.2) is 0 Å². The van der Waals surface area contributed by atoms with Gasteiger partial charge in [0, 0.05) is 4.91 Å². The molecule has 1 atom stereocenters. The fourth-order valence-electron chi connectivity index (χ4n) is 0.138. The van der Waals surface area contributed by atoms with Gasteiger partial charge in [-0.2, -0.15) is 0 Å². The van der Waals surface area contributed by atoms with Gasteiger partial charge in [-0.1, -0.05) is 34.6 Å². The van der Waals surface area contributed by atoms with E-state index < -0.39 is 0 Å². The van der Waals surface area contributed by atoms with Crippen LogP contribution >= 0.6 is 22.6 Å². The lowest BCUT2D eigenvalue weighted by Crippen LogP contribution is -1.83. The Morgan fingerprint density at radius 1 is 2.00 bits per heavy atom. The molecule has 1 unspecified atom stereocenters. The van der Waals surface area contributed by atoms with Crippen molar-refractivity contribution in [2.45, 2.75) is 17.4 Å². The summed E-state index contributed by atoms with van der Waals surface area (Å²) in [5.74, 6) is 0. The third-order valence-corrected chi connectivity index (χ3v) is 1.64. The minimum Gasteiger partial charge on any atom is -0.0801 e. The molecule has 0 bridgehead atoms. The minimum atomic E-state index is 0.127. The van der Waals surface area contributed by atoms with Gasteiger partial charge >= 0.3 is 0 Å². The predicted octanol–water partition coefficient (Wildman–Crippen LogP) is 2.47. The van der Waals surface area contributed by atoms with Gasteiger partial charge in [0.25, 0.3) is 0 Å². The predicted molar refractivity (Wildman–Crippen MR) is 37.2 cm³/mol. The minimum absolute atomic E-state index is 0.127. The van der Waals surface area contributed by atoms with Crippen LogP contribution in [0.5, 0.6) is 0 Å². The third kappa shape index (κ3) is 3.88. The monoisotopic (exact) mass is 211 g/mol. The Hall–Kier alpha value is 0.0400. The molecule has 40 valence electrons. The maximum atomic E-state index is 7.82. The van der Waals surface area contributed by atoms with Crippen molar-refractivity contribution in [1.29, 1.82) is 0 Å². The maximum Gasteiger partial charge on any atom is 0.0892 e. The largest absolute Gasteiger partial charge is 0.0892 e. The van der Waals surface area contributed by atoms with Crippen molar-refractivity contribution >= 4 is 22.6 Å². The van der Waals surface area contributed by atoms with E-state index in [1.54, 1.807) is 0 Å². The topological polar surface area (TPSA) is 48.8 Å². The van der Waals surface area contributed by atoms with Crippen LogP contribution in [0, 0.1) is 0 Å². The first kappa shape index (κ1) is 7.04. The molecule has 0 aromatic carbocycles. The number of hydrogen-bond donors (Lipinski definition) is 0. The quantitative estimate of drug-likeness (QED) is 0.168. The smallest absolute Gasteiger partial charge is 0.0801 e. The number of halogens is 1. The highest BCUT2D eigenvalue weighted by Crippen LogP contribution is 2.05. The summed E-state index contributed by atoms with van der Waals surface area (Å²) < 4.78 is 0.127. The summed E-state index contributed by atoms with van der Waals surface area (Å²) in [6.07, 6.45) is 0.907. The molecule has 0 spiro atoms. The van der Waals surface area contributed by atoms with Gasteiger partial charge in [-0.05, 0) is 12.0 Å². The van der Waals surface area contributed by atoms with Gasteiger partial charge in [0.1, 0.15) is 0 Å². The Kier molecular flexibility index (Phi) is 4.23. The zero-order valence-electron chi connectivity index (χ0n) is 4.00. The van der Waals surface area contributed by atoms with E-state index in [1.165, 1.54) is 0 Å². The first-order valence-corrected chi connectivity index (χ1v) is 3.24. The molecule has 0 saturated heterocycles. The number of hydrogen-bond acceptors (Lipinski definition) is 1. The Bertz CT molecular complexity index is 86.2. The van der Waals surface area contributed by atoms with Gasteiger partial charge in [-0.3, -0.25) is 0 Å². The highest BCUT2D eigenvalue weighted by atomic mass is 127. The van der Waals surface area contributed by atoms with E-state index in [0.717, 1.165) is 6.42 Å². The van der Waals surface area contributed by atoms with Crippen LogP contribution in [-0.2, 0) is 0 Å². The molecular formula is C3H6IN3. The molecule has 0 N–H and O–H groups in total. The number of azide groups is 1. The molecule has 0 rings (SSSR count). The van der Waals surface area contributed by atoms with E-state index in [9.17, 15) is 0 Å². The summed E-state index contributed by atoms with van der Waals surface area (Å²) in [6, 6.07) is 0. The fraction of sp³-hybridized carbons (Fsp3) is 1.00. The van der Waals surface area contributed by atoms with Crippen LogP contribution in [-0.4, -0.2) is 4.05 Å². The zero-order chi connectivity index (χ0) is 5.70. The molecule has 0 heterocycles. The van der Waals surface area contributed by atoms with Crippen LogP contribution in [0.2, 0.25) is 0 Å². The van der Waals surface area contributed by atoms with Crippen molar-refractivity contribution in [2.24, 2.45) is 5.11 Å². The Balaban J connectivity index is 3.35. The second-order valence-electron chi connectivity index (χ2n) is 1.05. The molecule has 0 aliphatic carbocycles. The van der Waals surface area contributed by atoms with E-state index in [0.29, 0.717) is 0 Å². The fourth-order valence-corrected chi connectivity index (χ4v) is 0.249. The zero-order valence-corrected chi connectivity index (χ0v) is 6.16. The van der Waals surface area contributed by atoms with Crippen molar-refractivity contribution in [3.63, 3.8) is 0 Å². The molecule has 4 heteroatoms. The van der Waals surface area contributed by atoms with E-state index in [-0.39, 0.29) is 4.05 Å². The van der Waals surface area contributed by atoms with Crippen LogP contribution in [0.4, 0.5) is 0 Å². The van der Waals surface area contributed by atoms with Crippen LogP contribution in [0.3, 0.4) is 0 Å². The Labute approximate surface area is 55.9 Å². The molecule has 0 aromatic rings. The molecule has 0 aliphatic heterocycles. The van der Waals surface area contributed by atoms with Crippen molar-refractivity contribution in [1.82, 2.24) is 0 Å². The van der Waals surface area contributed by atoms with Crippen molar-refractivity contribution in [3.05, 3.63) is 10.4 Å². The van der Waals surface area contributed by atoms with Crippen LogP contribution < -0.4 is 0 Å². The molecule has 7 heavy (non-hydrogen) atoms. The molecule has 0 aromatic heterocycles. The summed E-state index contributed by atoms with van der Waals surface area (Å²) in [5, 5.41) is 3.41. The molecule has 0 aliphatic rings. The third-order valence-electron chi connectivity index (χ3n) is 0.514. The molecule has 0 saturated carbocycles. The van der Waals surface area contributed by atoms with Crippen molar-refractivity contribution < 1.29 is 0 Å². The van der Waals surface area contributed by atoms with Crippen LogP contribution in [0.1, 0.15) is 13.3 Å². The van der Waals surface area contributed by atoms with Gasteiger partial charge < -0.3 is 0 Å². The SMILES string of the molecule is CCC(I)N=[N+]=[N-]. The van der Waals surface area contributed by atoms with Gasteiger partial charge in [-0.25, -0.2) is 0 Å². The number of rotatable bonds is 2. The van der Waals surface area contributed by atoms with Crippen LogP contribution in [0.25, 0.3) is 10.4 Å². The molecule has 0 radical (unpaired) electrons. The lowest BCUT2D eigenvalue weighted by Gasteiger charge is -1.89. The normalized spacial score (nSPS) is 12.3. The van der Waals surface area contributed by atoms with Crippen molar-refractivity contribution in [3.8, 4) is 0 Å². The second-order valence-corrected chi connectivity index (χ2v) is 2.49. The maximum absolute atomic E-state index is 7.82. The number of nitrogens with zero attached hydrogens (tertiary/aromatic N) is 3. The van der Waals surface area contributed by atoms with E-state index in [2.05, 4.69) is 32.6 Å². The van der Waals surface area contributed by atoms with Gasteiger partial charge in [0.05, 0.1) is 4.05 Å².